The minimum atomic E-state index is -0.686. The summed E-state index contributed by atoms with van der Waals surface area (Å²) in [6.07, 6.45) is 3.35. The Balaban J connectivity index is 1.93. The molecule has 1 aliphatic heterocycles. The van der Waals surface area contributed by atoms with Gasteiger partial charge in [-0.25, -0.2) is 13.8 Å². The Morgan fingerprint density at radius 2 is 2.00 bits per heavy atom. The molecule has 30 heavy (non-hydrogen) atoms. The minimum absolute atomic E-state index is 0.0989. The Bertz CT molecular complexity index is 1070. The van der Waals surface area contributed by atoms with E-state index in [1.807, 2.05) is 32.9 Å². The normalized spacial score (nSPS) is 16.4. The lowest BCUT2D eigenvalue weighted by Gasteiger charge is -2.18. The van der Waals surface area contributed by atoms with E-state index >= 15 is 0 Å². The Morgan fingerprint density at radius 1 is 1.20 bits per heavy atom. The molecule has 1 aromatic carbocycles. The van der Waals surface area contributed by atoms with E-state index in [0.717, 1.165) is 17.2 Å². The molecule has 3 aromatic rings. The lowest BCUT2D eigenvalue weighted by atomic mass is 9.92. The van der Waals surface area contributed by atoms with Crippen molar-refractivity contribution in [2.24, 2.45) is 0 Å². The van der Waals surface area contributed by atoms with Gasteiger partial charge in [-0.1, -0.05) is 26.8 Å². The van der Waals surface area contributed by atoms with E-state index in [1.165, 1.54) is 6.07 Å². The molecule has 0 spiro atoms. The SMILES string of the molecule is CC(C)c1cc(-c2nc(C(CO)c3cccnc3)cc3c2OCC3C)c(F)cc1F. The quantitative estimate of drug-likeness (QED) is 0.631. The first-order valence-corrected chi connectivity index (χ1v) is 10.1. The molecule has 1 aliphatic rings. The molecule has 2 aromatic heterocycles. The first-order valence-electron chi connectivity index (χ1n) is 10.1. The summed E-state index contributed by atoms with van der Waals surface area (Å²) in [6.45, 7) is 6.03. The smallest absolute Gasteiger partial charge is 0.149 e. The fourth-order valence-corrected chi connectivity index (χ4v) is 3.89. The van der Waals surface area contributed by atoms with Crippen LogP contribution in [-0.4, -0.2) is 28.3 Å². The van der Waals surface area contributed by atoms with E-state index in [9.17, 15) is 13.9 Å². The van der Waals surface area contributed by atoms with Crippen molar-refractivity contribution in [1.82, 2.24) is 9.97 Å². The molecule has 3 heterocycles. The molecule has 0 aliphatic carbocycles. The van der Waals surface area contributed by atoms with Gasteiger partial charge in [-0.3, -0.25) is 4.98 Å². The number of halogens is 2. The van der Waals surface area contributed by atoms with Crippen molar-refractivity contribution in [3.63, 3.8) is 0 Å². The van der Waals surface area contributed by atoms with Crippen LogP contribution in [0.2, 0.25) is 0 Å². The van der Waals surface area contributed by atoms with E-state index in [-0.39, 0.29) is 24.0 Å². The summed E-state index contributed by atoms with van der Waals surface area (Å²) in [5, 5.41) is 10.1. The predicted octanol–water partition coefficient (Wildman–Crippen LogP) is 5.17. The molecule has 6 heteroatoms. The highest BCUT2D eigenvalue weighted by Gasteiger charge is 2.30. The second kappa shape index (κ2) is 8.11. The van der Waals surface area contributed by atoms with Crippen LogP contribution in [0.5, 0.6) is 5.75 Å². The lowest BCUT2D eigenvalue weighted by molar-refractivity contribution is 0.278. The van der Waals surface area contributed by atoms with Crippen LogP contribution in [-0.2, 0) is 0 Å². The van der Waals surface area contributed by atoms with Crippen LogP contribution in [0.15, 0.2) is 42.7 Å². The number of aromatic nitrogens is 2. The molecule has 0 bridgehead atoms. The van der Waals surface area contributed by atoms with Gasteiger partial charge in [0.1, 0.15) is 23.1 Å². The molecule has 0 saturated carbocycles. The second-order valence-corrected chi connectivity index (χ2v) is 8.06. The van der Waals surface area contributed by atoms with Crippen LogP contribution in [0.4, 0.5) is 8.78 Å². The van der Waals surface area contributed by atoms with Gasteiger partial charge in [0.25, 0.3) is 0 Å². The molecule has 4 nitrogen and oxygen atoms in total. The number of pyridine rings is 2. The van der Waals surface area contributed by atoms with Crippen LogP contribution in [0.25, 0.3) is 11.3 Å². The molecule has 2 atom stereocenters. The van der Waals surface area contributed by atoms with Crippen LogP contribution in [0.3, 0.4) is 0 Å². The van der Waals surface area contributed by atoms with Gasteiger partial charge in [-0.2, -0.15) is 0 Å². The zero-order chi connectivity index (χ0) is 21.4. The van der Waals surface area contributed by atoms with Gasteiger partial charge in [-0.15, -0.1) is 0 Å². The van der Waals surface area contributed by atoms with Crippen molar-refractivity contribution < 1.29 is 18.6 Å². The third-order valence-electron chi connectivity index (χ3n) is 5.62. The number of aliphatic hydroxyl groups is 1. The number of rotatable bonds is 5. The Labute approximate surface area is 174 Å². The largest absolute Gasteiger partial charge is 0.490 e. The topological polar surface area (TPSA) is 55.2 Å². The maximum absolute atomic E-state index is 14.9. The van der Waals surface area contributed by atoms with Gasteiger partial charge in [-0.05, 0) is 35.2 Å². The molecule has 1 N–H and O–H groups in total. The van der Waals surface area contributed by atoms with Crippen molar-refractivity contribution in [2.75, 3.05) is 13.2 Å². The number of aliphatic hydroxyl groups excluding tert-OH is 1. The van der Waals surface area contributed by atoms with Gasteiger partial charge in [0, 0.05) is 35.5 Å². The van der Waals surface area contributed by atoms with Crippen LogP contribution < -0.4 is 4.74 Å². The standard InChI is InChI=1S/C24H24F2N2O2/c1-13(2)16-7-18(21(26)9-20(16)25)23-24-17(14(3)12-30-24)8-22(28-23)19(11-29)15-5-4-6-27-10-15/h4-10,13-14,19,29H,11-12H2,1-3H3. The van der Waals surface area contributed by atoms with Crippen molar-refractivity contribution in [1.29, 1.82) is 0 Å². The Kier molecular flexibility index (Phi) is 5.52. The minimum Gasteiger partial charge on any atom is -0.490 e. The van der Waals surface area contributed by atoms with Crippen LogP contribution in [0, 0.1) is 11.6 Å². The lowest BCUT2D eigenvalue weighted by Crippen LogP contribution is -2.10. The zero-order valence-electron chi connectivity index (χ0n) is 17.2. The summed E-state index contributed by atoms with van der Waals surface area (Å²) >= 11 is 0. The van der Waals surface area contributed by atoms with Crippen molar-refractivity contribution in [2.45, 2.75) is 38.5 Å². The molecule has 0 fully saturated rings. The first kappa shape index (κ1) is 20.4. The van der Waals surface area contributed by atoms with E-state index in [0.29, 0.717) is 29.3 Å². The fraction of sp³-hybridized carbons (Fsp3) is 0.333. The maximum Gasteiger partial charge on any atom is 0.149 e. The molecule has 0 amide bonds. The van der Waals surface area contributed by atoms with Crippen molar-refractivity contribution in [3.05, 3.63) is 76.7 Å². The molecule has 0 saturated heterocycles. The first-order chi connectivity index (χ1) is 14.4. The fourth-order valence-electron chi connectivity index (χ4n) is 3.89. The summed E-state index contributed by atoms with van der Waals surface area (Å²) in [4.78, 5) is 8.85. The molecule has 4 rings (SSSR count). The summed E-state index contributed by atoms with van der Waals surface area (Å²) in [7, 11) is 0. The highest BCUT2D eigenvalue weighted by Crippen LogP contribution is 2.44. The molecule has 2 unspecified atom stereocenters. The third-order valence-corrected chi connectivity index (χ3v) is 5.62. The summed E-state index contributed by atoms with van der Waals surface area (Å²) < 4.78 is 35.0. The van der Waals surface area contributed by atoms with Crippen LogP contribution >= 0.6 is 0 Å². The van der Waals surface area contributed by atoms with E-state index in [4.69, 9.17) is 9.72 Å². The van der Waals surface area contributed by atoms with Gasteiger partial charge >= 0.3 is 0 Å². The highest BCUT2D eigenvalue weighted by atomic mass is 19.1. The predicted molar refractivity (Wildman–Crippen MR) is 111 cm³/mol. The van der Waals surface area contributed by atoms with Gasteiger partial charge in [0.2, 0.25) is 0 Å². The average molecular weight is 410 g/mol. The number of nitrogens with zero attached hydrogens (tertiary/aromatic N) is 2. The maximum atomic E-state index is 14.9. The van der Waals surface area contributed by atoms with Crippen LogP contribution in [0.1, 0.15) is 60.9 Å². The summed E-state index contributed by atoms with van der Waals surface area (Å²) in [5.74, 6) is -1.16. The van der Waals surface area contributed by atoms with E-state index in [2.05, 4.69) is 4.98 Å². The van der Waals surface area contributed by atoms with Gasteiger partial charge in [0.15, 0.2) is 0 Å². The molecular formula is C24H24F2N2O2. The van der Waals surface area contributed by atoms with Crippen molar-refractivity contribution >= 4 is 0 Å². The molecule has 156 valence electrons. The summed E-state index contributed by atoms with van der Waals surface area (Å²) in [6, 6.07) is 8.01. The molecule has 0 radical (unpaired) electrons. The monoisotopic (exact) mass is 410 g/mol. The van der Waals surface area contributed by atoms with Gasteiger partial charge < -0.3 is 9.84 Å². The number of fused-ring (bicyclic) bond motifs is 1. The number of hydrogen-bond donors (Lipinski definition) is 1. The Morgan fingerprint density at radius 3 is 2.67 bits per heavy atom. The number of benzene rings is 1. The average Bonchev–Trinajstić information content (AvgIpc) is 3.10. The van der Waals surface area contributed by atoms with E-state index in [1.54, 1.807) is 18.5 Å². The van der Waals surface area contributed by atoms with Crippen molar-refractivity contribution in [3.8, 4) is 17.0 Å². The van der Waals surface area contributed by atoms with Gasteiger partial charge in [0.05, 0.1) is 24.8 Å². The summed E-state index contributed by atoms with van der Waals surface area (Å²) in [5.41, 5.74) is 3.29. The number of hydrogen-bond acceptors (Lipinski definition) is 4. The highest BCUT2D eigenvalue weighted by molar-refractivity contribution is 5.71. The third kappa shape index (κ3) is 3.56. The zero-order valence-corrected chi connectivity index (χ0v) is 17.2. The Hall–Kier alpha value is -2.86. The number of ether oxygens (including phenoxy) is 1. The second-order valence-electron chi connectivity index (χ2n) is 8.06. The van der Waals surface area contributed by atoms with E-state index < -0.39 is 17.6 Å². The molecular weight excluding hydrogens is 386 g/mol.